The Morgan fingerprint density at radius 2 is 2.18 bits per heavy atom. The molecule has 3 N–H and O–H groups in total. The number of hydrogen-bond donors (Lipinski definition) is 2. The number of rotatable bonds is 3. The van der Waals surface area contributed by atoms with Crippen LogP contribution in [-0.2, 0) is 17.2 Å². The molecule has 0 amide bonds. The number of nitrogens with zero attached hydrogens (tertiary/aromatic N) is 3. The van der Waals surface area contributed by atoms with E-state index >= 15 is 0 Å². The van der Waals surface area contributed by atoms with Crippen molar-refractivity contribution in [2.75, 3.05) is 34.9 Å². The standard InChI is InChI=1S/C10H17N5OS/c1-2-8-9(14-11)12-7-13-10(8)15-3-5-17(16)6-4-15/h7H,2-6,11H2,1H3,(H,12,13,14). The van der Waals surface area contributed by atoms with Crippen LogP contribution in [0.25, 0.3) is 0 Å². The van der Waals surface area contributed by atoms with E-state index in [1.165, 1.54) is 6.33 Å². The summed E-state index contributed by atoms with van der Waals surface area (Å²) >= 11 is 0. The maximum atomic E-state index is 11.3. The lowest BCUT2D eigenvalue weighted by atomic mass is 10.2. The molecule has 0 radical (unpaired) electrons. The van der Waals surface area contributed by atoms with Crippen molar-refractivity contribution in [3.05, 3.63) is 11.9 Å². The maximum Gasteiger partial charge on any atom is 0.148 e. The van der Waals surface area contributed by atoms with Gasteiger partial charge in [-0.1, -0.05) is 6.92 Å². The molecule has 1 fully saturated rings. The number of aromatic nitrogens is 2. The van der Waals surface area contributed by atoms with Crippen molar-refractivity contribution in [3.63, 3.8) is 0 Å². The normalized spacial score (nSPS) is 17.2. The number of nitrogens with two attached hydrogens (primary N) is 1. The molecule has 0 atom stereocenters. The maximum absolute atomic E-state index is 11.3. The third-order valence-electron chi connectivity index (χ3n) is 2.89. The molecule has 0 unspecified atom stereocenters. The van der Waals surface area contributed by atoms with Crippen LogP contribution in [0.15, 0.2) is 6.33 Å². The predicted molar refractivity (Wildman–Crippen MR) is 69.3 cm³/mol. The van der Waals surface area contributed by atoms with Crippen LogP contribution in [-0.4, -0.2) is 38.8 Å². The van der Waals surface area contributed by atoms with E-state index in [2.05, 4.69) is 20.3 Å². The van der Waals surface area contributed by atoms with E-state index in [0.717, 1.165) is 30.9 Å². The minimum atomic E-state index is -0.676. The van der Waals surface area contributed by atoms with Gasteiger partial charge in [-0.25, -0.2) is 15.8 Å². The summed E-state index contributed by atoms with van der Waals surface area (Å²) in [4.78, 5) is 10.6. The number of nitrogen functional groups attached to an aromatic ring is 1. The molecule has 6 nitrogen and oxygen atoms in total. The van der Waals surface area contributed by atoms with Gasteiger partial charge in [0.05, 0.1) is 0 Å². The van der Waals surface area contributed by atoms with E-state index in [1.807, 2.05) is 6.92 Å². The second-order valence-electron chi connectivity index (χ2n) is 3.86. The van der Waals surface area contributed by atoms with Crippen molar-refractivity contribution in [2.24, 2.45) is 5.84 Å². The fraction of sp³-hybridized carbons (Fsp3) is 0.600. The molecule has 2 rings (SSSR count). The first-order chi connectivity index (χ1) is 8.26. The van der Waals surface area contributed by atoms with Gasteiger partial charge < -0.3 is 10.3 Å². The zero-order chi connectivity index (χ0) is 12.3. The Balaban J connectivity index is 2.28. The van der Waals surface area contributed by atoms with Gasteiger partial charge in [-0.3, -0.25) is 4.21 Å². The van der Waals surface area contributed by atoms with Crippen molar-refractivity contribution >= 4 is 22.4 Å². The van der Waals surface area contributed by atoms with Gasteiger partial charge in [0.1, 0.15) is 18.0 Å². The molecule has 1 saturated heterocycles. The number of nitrogens with one attached hydrogen (secondary N) is 1. The van der Waals surface area contributed by atoms with Crippen LogP contribution in [0.1, 0.15) is 12.5 Å². The third-order valence-corrected chi connectivity index (χ3v) is 4.17. The SMILES string of the molecule is CCc1c(NN)ncnc1N1CCS(=O)CC1. The molecule has 1 aromatic rings. The van der Waals surface area contributed by atoms with Gasteiger partial charge in [0.15, 0.2) is 0 Å². The van der Waals surface area contributed by atoms with E-state index < -0.39 is 10.8 Å². The third kappa shape index (κ3) is 2.55. The summed E-state index contributed by atoms with van der Waals surface area (Å²) in [5, 5.41) is 0. The van der Waals surface area contributed by atoms with Gasteiger partial charge in [-0.2, -0.15) is 0 Å². The quantitative estimate of drug-likeness (QED) is 0.579. The Kier molecular flexibility index (Phi) is 3.90. The molecule has 0 saturated carbocycles. The fourth-order valence-electron chi connectivity index (χ4n) is 1.98. The van der Waals surface area contributed by atoms with Crippen LogP contribution in [0.3, 0.4) is 0 Å². The first-order valence-corrected chi connectivity index (χ1v) is 7.15. The molecular weight excluding hydrogens is 238 g/mol. The van der Waals surface area contributed by atoms with Gasteiger partial charge in [-0.15, -0.1) is 0 Å². The summed E-state index contributed by atoms with van der Waals surface area (Å²) in [5.74, 6) is 8.43. The lowest BCUT2D eigenvalue weighted by Crippen LogP contribution is -2.39. The van der Waals surface area contributed by atoms with Crippen LogP contribution < -0.4 is 16.2 Å². The topological polar surface area (TPSA) is 84.1 Å². The zero-order valence-electron chi connectivity index (χ0n) is 9.85. The lowest BCUT2D eigenvalue weighted by Gasteiger charge is -2.29. The fourth-order valence-corrected chi connectivity index (χ4v) is 3.03. The number of hydrogen-bond acceptors (Lipinski definition) is 6. The Morgan fingerprint density at radius 1 is 1.47 bits per heavy atom. The average Bonchev–Trinajstić information content (AvgIpc) is 2.38. The molecule has 1 aromatic heterocycles. The van der Waals surface area contributed by atoms with Gasteiger partial charge >= 0.3 is 0 Å². The average molecular weight is 255 g/mol. The molecule has 94 valence electrons. The summed E-state index contributed by atoms with van der Waals surface area (Å²) in [5.41, 5.74) is 3.61. The summed E-state index contributed by atoms with van der Waals surface area (Å²) < 4.78 is 11.3. The van der Waals surface area contributed by atoms with Crippen LogP contribution in [0.4, 0.5) is 11.6 Å². The molecule has 7 heteroatoms. The monoisotopic (exact) mass is 255 g/mol. The van der Waals surface area contributed by atoms with E-state index in [0.29, 0.717) is 17.3 Å². The Labute approximate surface area is 103 Å². The second-order valence-corrected chi connectivity index (χ2v) is 5.55. The highest BCUT2D eigenvalue weighted by molar-refractivity contribution is 7.85. The summed E-state index contributed by atoms with van der Waals surface area (Å²) in [7, 11) is -0.676. The zero-order valence-corrected chi connectivity index (χ0v) is 10.7. The Hall–Kier alpha value is -1.21. The van der Waals surface area contributed by atoms with Crippen molar-refractivity contribution in [1.29, 1.82) is 0 Å². The van der Waals surface area contributed by atoms with E-state index in [4.69, 9.17) is 5.84 Å². The highest BCUT2D eigenvalue weighted by Gasteiger charge is 2.20. The van der Waals surface area contributed by atoms with Crippen LogP contribution in [0.2, 0.25) is 0 Å². The van der Waals surface area contributed by atoms with Crippen molar-refractivity contribution < 1.29 is 4.21 Å². The number of anilines is 2. The van der Waals surface area contributed by atoms with Gasteiger partial charge in [-0.05, 0) is 6.42 Å². The van der Waals surface area contributed by atoms with Crippen LogP contribution >= 0.6 is 0 Å². The minimum Gasteiger partial charge on any atom is -0.354 e. The molecule has 0 aromatic carbocycles. The molecule has 1 aliphatic rings. The molecule has 17 heavy (non-hydrogen) atoms. The summed E-state index contributed by atoms with van der Waals surface area (Å²) in [6.07, 6.45) is 2.32. The highest BCUT2D eigenvalue weighted by Crippen LogP contribution is 2.24. The number of hydrazine groups is 1. The first-order valence-electron chi connectivity index (χ1n) is 5.66. The van der Waals surface area contributed by atoms with Crippen molar-refractivity contribution in [2.45, 2.75) is 13.3 Å². The second kappa shape index (κ2) is 5.42. The van der Waals surface area contributed by atoms with Crippen LogP contribution in [0.5, 0.6) is 0 Å². The smallest absolute Gasteiger partial charge is 0.148 e. The van der Waals surface area contributed by atoms with E-state index in [9.17, 15) is 4.21 Å². The van der Waals surface area contributed by atoms with E-state index in [-0.39, 0.29) is 0 Å². The highest BCUT2D eigenvalue weighted by atomic mass is 32.2. The first kappa shape index (κ1) is 12.3. The van der Waals surface area contributed by atoms with Crippen molar-refractivity contribution in [1.82, 2.24) is 9.97 Å². The lowest BCUT2D eigenvalue weighted by molar-refractivity contribution is 0.672. The largest absolute Gasteiger partial charge is 0.354 e. The molecular formula is C10H17N5OS. The van der Waals surface area contributed by atoms with Gasteiger partial charge in [0.25, 0.3) is 0 Å². The molecule has 0 aliphatic carbocycles. The molecule has 2 heterocycles. The van der Waals surface area contributed by atoms with Crippen LogP contribution in [0, 0.1) is 0 Å². The van der Waals surface area contributed by atoms with Crippen molar-refractivity contribution in [3.8, 4) is 0 Å². The van der Waals surface area contributed by atoms with E-state index in [1.54, 1.807) is 0 Å². The Bertz CT molecular complexity index is 415. The molecule has 1 aliphatic heterocycles. The Morgan fingerprint density at radius 3 is 2.76 bits per heavy atom. The molecule has 0 bridgehead atoms. The van der Waals surface area contributed by atoms with Gasteiger partial charge in [0, 0.05) is 41.0 Å². The summed E-state index contributed by atoms with van der Waals surface area (Å²) in [6, 6.07) is 0. The minimum absolute atomic E-state index is 0.671. The summed E-state index contributed by atoms with van der Waals surface area (Å²) in [6.45, 7) is 3.60. The van der Waals surface area contributed by atoms with Gasteiger partial charge in [0.2, 0.25) is 0 Å². The molecule has 0 spiro atoms. The predicted octanol–water partition coefficient (Wildman–Crippen LogP) is -0.107.